The second-order valence-corrected chi connectivity index (χ2v) is 8.17. The highest BCUT2D eigenvalue weighted by Gasteiger charge is 2.21. The van der Waals surface area contributed by atoms with E-state index in [1.54, 1.807) is 0 Å². The Bertz CT molecular complexity index is 857. The highest BCUT2D eigenvalue weighted by Crippen LogP contribution is 2.33. The maximum atomic E-state index is 12.5. The summed E-state index contributed by atoms with van der Waals surface area (Å²) < 4.78 is 4.86. The smallest absolute Gasteiger partial charge is 0.341 e. The number of hydrogen-bond donors (Lipinski definition) is 2. The van der Waals surface area contributed by atoms with Crippen LogP contribution < -0.4 is 15.5 Å². The molecule has 1 amide bonds. The van der Waals surface area contributed by atoms with E-state index >= 15 is 0 Å². The highest BCUT2D eigenvalue weighted by atomic mass is 32.1. The zero-order chi connectivity index (χ0) is 20.1. The minimum atomic E-state index is -0.430. The zero-order valence-electron chi connectivity index (χ0n) is 16.6. The third kappa shape index (κ3) is 4.47. The Morgan fingerprint density at radius 2 is 1.86 bits per heavy atom. The Kier molecular flexibility index (Phi) is 6.57. The predicted molar refractivity (Wildman–Crippen MR) is 115 cm³/mol. The number of nitrogens with zero attached hydrogens (tertiary/aromatic N) is 1. The number of amides is 1. The summed E-state index contributed by atoms with van der Waals surface area (Å²) >= 11 is 1.39. The molecule has 1 fully saturated rings. The van der Waals surface area contributed by atoms with Gasteiger partial charge in [-0.3, -0.25) is 4.79 Å². The largest absolute Gasteiger partial charge is 0.465 e. The molecule has 0 aliphatic carbocycles. The van der Waals surface area contributed by atoms with Crippen LogP contribution in [-0.4, -0.2) is 38.6 Å². The third-order valence-corrected chi connectivity index (χ3v) is 6.19. The van der Waals surface area contributed by atoms with Crippen molar-refractivity contribution in [2.75, 3.05) is 42.3 Å². The maximum absolute atomic E-state index is 12.5. The molecule has 0 saturated carbocycles. The first-order valence-electron chi connectivity index (χ1n) is 9.57. The molecule has 0 spiro atoms. The molecule has 3 rings (SSSR count). The van der Waals surface area contributed by atoms with Crippen molar-refractivity contribution in [3.8, 4) is 0 Å². The van der Waals surface area contributed by atoms with Gasteiger partial charge in [-0.1, -0.05) is 12.1 Å². The van der Waals surface area contributed by atoms with Gasteiger partial charge in [0.15, 0.2) is 0 Å². The Hall–Kier alpha value is -2.54. The Morgan fingerprint density at radius 3 is 2.57 bits per heavy atom. The van der Waals surface area contributed by atoms with Crippen LogP contribution in [-0.2, 0) is 9.53 Å². The lowest BCUT2D eigenvalue weighted by Crippen LogP contribution is -2.30. The van der Waals surface area contributed by atoms with Crippen molar-refractivity contribution < 1.29 is 14.3 Å². The zero-order valence-corrected chi connectivity index (χ0v) is 17.4. The number of methoxy groups -OCH3 is 1. The fourth-order valence-electron chi connectivity index (χ4n) is 3.44. The van der Waals surface area contributed by atoms with E-state index in [0.29, 0.717) is 10.6 Å². The van der Waals surface area contributed by atoms with Crippen LogP contribution in [0.2, 0.25) is 0 Å². The first kappa shape index (κ1) is 20.2. The third-order valence-electron chi connectivity index (χ3n) is 5.07. The molecule has 1 aliphatic heterocycles. The van der Waals surface area contributed by atoms with Gasteiger partial charge in [0, 0.05) is 18.0 Å². The van der Waals surface area contributed by atoms with E-state index in [1.165, 1.54) is 37.7 Å². The van der Waals surface area contributed by atoms with Crippen LogP contribution in [0.4, 0.5) is 16.4 Å². The summed E-state index contributed by atoms with van der Waals surface area (Å²) in [4.78, 5) is 27.9. The monoisotopic (exact) mass is 401 g/mol. The Balaban J connectivity index is 1.67. The van der Waals surface area contributed by atoms with E-state index < -0.39 is 5.97 Å². The summed E-state index contributed by atoms with van der Waals surface area (Å²) in [5.41, 5.74) is 3.36. The molecule has 2 heterocycles. The minimum Gasteiger partial charge on any atom is -0.465 e. The molecule has 1 saturated heterocycles. The number of carbonyl (C=O) groups is 2. The van der Waals surface area contributed by atoms with Crippen molar-refractivity contribution >= 4 is 39.6 Å². The van der Waals surface area contributed by atoms with Gasteiger partial charge in [0.1, 0.15) is 5.00 Å². The lowest BCUT2D eigenvalue weighted by Gasteiger charge is -2.30. The number of carbonyl (C=O) groups excluding carboxylic acids is 2. The van der Waals surface area contributed by atoms with Gasteiger partial charge in [-0.05, 0) is 50.8 Å². The second-order valence-electron chi connectivity index (χ2n) is 6.95. The summed E-state index contributed by atoms with van der Waals surface area (Å²) in [6.45, 7) is 6.00. The van der Waals surface area contributed by atoms with Gasteiger partial charge in [-0.25, -0.2) is 4.79 Å². The fourth-order valence-corrected chi connectivity index (χ4v) is 4.51. The molecule has 150 valence electrons. The van der Waals surface area contributed by atoms with Crippen LogP contribution in [0.1, 0.15) is 40.1 Å². The van der Waals surface area contributed by atoms with E-state index in [-0.39, 0.29) is 12.5 Å². The standard InChI is InChI=1S/C21H27N3O3S/c1-14-15(2)28-20(19(14)21(26)27-3)23-18(25)13-22-16-9-5-6-10-17(16)24-11-7-4-8-12-24/h5-6,9-10,22H,4,7-8,11-13H2,1-3H3,(H,23,25). The molecule has 2 aromatic rings. The number of nitrogens with one attached hydrogen (secondary N) is 2. The molecule has 0 atom stereocenters. The van der Waals surface area contributed by atoms with E-state index in [1.807, 2.05) is 32.0 Å². The first-order valence-corrected chi connectivity index (χ1v) is 10.4. The first-order chi connectivity index (χ1) is 13.5. The van der Waals surface area contributed by atoms with Crippen LogP contribution >= 0.6 is 11.3 Å². The quantitative estimate of drug-likeness (QED) is 0.710. The van der Waals surface area contributed by atoms with E-state index in [2.05, 4.69) is 21.6 Å². The molecular weight excluding hydrogens is 374 g/mol. The van der Waals surface area contributed by atoms with Crippen molar-refractivity contribution in [1.29, 1.82) is 0 Å². The average molecular weight is 402 g/mol. The molecule has 2 N–H and O–H groups in total. The van der Waals surface area contributed by atoms with E-state index in [9.17, 15) is 9.59 Å². The molecule has 6 nitrogen and oxygen atoms in total. The van der Waals surface area contributed by atoms with Crippen LogP contribution in [0.5, 0.6) is 0 Å². The van der Waals surface area contributed by atoms with Gasteiger partial charge in [0.05, 0.1) is 30.6 Å². The van der Waals surface area contributed by atoms with Crippen molar-refractivity contribution in [3.05, 3.63) is 40.3 Å². The van der Waals surface area contributed by atoms with Crippen LogP contribution in [0.25, 0.3) is 0 Å². The fraction of sp³-hybridized carbons (Fsp3) is 0.429. The van der Waals surface area contributed by atoms with Crippen molar-refractivity contribution in [2.45, 2.75) is 33.1 Å². The van der Waals surface area contributed by atoms with Crippen LogP contribution in [0.3, 0.4) is 0 Å². The number of anilines is 3. The summed E-state index contributed by atoms with van der Waals surface area (Å²) in [7, 11) is 1.35. The second kappa shape index (κ2) is 9.10. The summed E-state index contributed by atoms with van der Waals surface area (Å²) in [5.74, 6) is -0.625. The summed E-state index contributed by atoms with van der Waals surface area (Å²) in [6.07, 6.45) is 3.67. The van der Waals surface area contributed by atoms with Crippen LogP contribution in [0.15, 0.2) is 24.3 Å². The van der Waals surface area contributed by atoms with Crippen molar-refractivity contribution in [3.63, 3.8) is 0 Å². The topological polar surface area (TPSA) is 70.7 Å². The molecular formula is C21H27N3O3S. The number of benzene rings is 1. The van der Waals surface area contributed by atoms with Crippen molar-refractivity contribution in [1.82, 2.24) is 0 Å². The molecule has 0 unspecified atom stereocenters. The molecule has 28 heavy (non-hydrogen) atoms. The normalized spacial score (nSPS) is 13.9. The lowest BCUT2D eigenvalue weighted by atomic mass is 10.1. The molecule has 7 heteroatoms. The Morgan fingerprint density at radius 1 is 1.14 bits per heavy atom. The van der Waals surface area contributed by atoms with Gasteiger partial charge in [0.2, 0.25) is 5.91 Å². The highest BCUT2D eigenvalue weighted by molar-refractivity contribution is 7.16. The lowest BCUT2D eigenvalue weighted by molar-refractivity contribution is -0.114. The minimum absolute atomic E-state index is 0.126. The van der Waals surface area contributed by atoms with Gasteiger partial charge >= 0.3 is 5.97 Å². The van der Waals surface area contributed by atoms with E-state index in [0.717, 1.165) is 34.9 Å². The van der Waals surface area contributed by atoms with Gasteiger partial charge < -0.3 is 20.3 Å². The van der Waals surface area contributed by atoms with Crippen LogP contribution in [0, 0.1) is 13.8 Å². The molecule has 0 bridgehead atoms. The summed E-state index contributed by atoms with van der Waals surface area (Å²) in [5, 5.41) is 6.65. The predicted octanol–water partition coefficient (Wildman–Crippen LogP) is 4.19. The van der Waals surface area contributed by atoms with Gasteiger partial charge in [-0.15, -0.1) is 11.3 Å². The summed E-state index contributed by atoms with van der Waals surface area (Å²) in [6, 6.07) is 8.08. The van der Waals surface area contributed by atoms with E-state index in [4.69, 9.17) is 4.74 Å². The van der Waals surface area contributed by atoms with Gasteiger partial charge in [0.25, 0.3) is 0 Å². The number of rotatable bonds is 6. The SMILES string of the molecule is COC(=O)c1c(NC(=O)CNc2ccccc2N2CCCCC2)sc(C)c1C. The molecule has 1 aromatic heterocycles. The number of thiophene rings is 1. The average Bonchev–Trinajstić information content (AvgIpc) is 3.00. The number of para-hydroxylation sites is 2. The molecule has 1 aliphatic rings. The molecule has 1 aromatic carbocycles. The number of piperidine rings is 1. The number of esters is 1. The maximum Gasteiger partial charge on any atom is 0.341 e. The Labute approximate surface area is 169 Å². The molecule has 0 radical (unpaired) electrons. The number of ether oxygens (including phenoxy) is 1. The number of hydrogen-bond acceptors (Lipinski definition) is 6. The van der Waals surface area contributed by atoms with Gasteiger partial charge in [-0.2, -0.15) is 0 Å². The number of aryl methyl sites for hydroxylation is 1. The van der Waals surface area contributed by atoms with Crippen molar-refractivity contribution in [2.24, 2.45) is 0 Å².